The van der Waals surface area contributed by atoms with Crippen molar-refractivity contribution in [3.63, 3.8) is 0 Å². The molecule has 0 spiro atoms. The number of rotatable bonds is 3. The van der Waals surface area contributed by atoms with Gasteiger partial charge in [-0.05, 0) is 29.7 Å². The Bertz CT molecular complexity index is 1080. The molecule has 124 valence electrons. The summed E-state index contributed by atoms with van der Waals surface area (Å²) in [7, 11) is 3.21. The molecule has 6 heteroatoms. The van der Waals surface area contributed by atoms with Crippen LogP contribution in [0.1, 0.15) is 0 Å². The molecular formula is C19H16N4O2. The van der Waals surface area contributed by atoms with Crippen molar-refractivity contribution in [3.05, 3.63) is 48.9 Å². The van der Waals surface area contributed by atoms with Gasteiger partial charge >= 0.3 is 0 Å². The van der Waals surface area contributed by atoms with Crippen molar-refractivity contribution in [2.45, 2.75) is 0 Å². The number of nitrogen functional groups attached to an aromatic ring is 1. The molecule has 0 aliphatic heterocycles. The molecule has 0 unspecified atom stereocenters. The van der Waals surface area contributed by atoms with Gasteiger partial charge in [0, 0.05) is 41.0 Å². The Morgan fingerprint density at radius 1 is 0.920 bits per heavy atom. The molecule has 4 rings (SSSR count). The van der Waals surface area contributed by atoms with Gasteiger partial charge in [-0.3, -0.25) is 9.97 Å². The van der Waals surface area contributed by atoms with Crippen LogP contribution in [0.15, 0.2) is 48.9 Å². The van der Waals surface area contributed by atoms with Crippen LogP contribution in [0.2, 0.25) is 0 Å². The van der Waals surface area contributed by atoms with Gasteiger partial charge in [0.05, 0.1) is 25.4 Å². The van der Waals surface area contributed by atoms with Crippen molar-refractivity contribution in [2.75, 3.05) is 20.0 Å². The fourth-order valence-corrected chi connectivity index (χ4v) is 2.92. The Labute approximate surface area is 144 Å². The van der Waals surface area contributed by atoms with E-state index in [9.17, 15) is 0 Å². The summed E-state index contributed by atoms with van der Waals surface area (Å²) in [6, 6.07) is 9.59. The molecule has 0 saturated heterocycles. The van der Waals surface area contributed by atoms with E-state index in [1.165, 1.54) is 0 Å². The Morgan fingerprint density at radius 2 is 1.72 bits per heavy atom. The lowest BCUT2D eigenvalue weighted by Crippen LogP contribution is -1.97. The number of nitrogens with two attached hydrogens (primary N) is 1. The first-order valence-corrected chi connectivity index (χ1v) is 7.72. The van der Waals surface area contributed by atoms with Crippen LogP contribution in [-0.2, 0) is 0 Å². The number of nitrogens with zero attached hydrogens (tertiary/aromatic N) is 3. The van der Waals surface area contributed by atoms with Crippen molar-refractivity contribution in [3.8, 4) is 22.8 Å². The minimum absolute atomic E-state index is 0.431. The zero-order chi connectivity index (χ0) is 17.4. The van der Waals surface area contributed by atoms with E-state index < -0.39 is 0 Å². The van der Waals surface area contributed by atoms with Crippen LogP contribution in [0.25, 0.3) is 32.9 Å². The van der Waals surface area contributed by atoms with E-state index in [0.717, 1.165) is 32.9 Å². The Morgan fingerprint density at radius 3 is 2.44 bits per heavy atom. The van der Waals surface area contributed by atoms with Crippen LogP contribution in [-0.4, -0.2) is 29.2 Å². The molecule has 25 heavy (non-hydrogen) atoms. The van der Waals surface area contributed by atoms with Crippen LogP contribution in [0.5, 0.6) is 11.5 Å². The molecule has 0 atom stereocenters. The smallest absolute Gasteiger partial charge is 0.162 e. The summed E-state index contributed by atoms with van der Waals surface area (Å²) in [6.45, 7) is 0. The lowest BCUT2D eigenvalue weighted by molar-refractivity contribution is 0.356. The zero-order valence-corrected chi connectivity index (χ0v) is 13.9. The molecule has 0 saturated carbocycles. The maximum atomic E-state index is 6.18. The van der Waals surface area contributed by atoms with Gasteiger partial charge in [-0.25, -0.2) is 4.98 Å². The third-order valence-corrected chi connectivity index (χ3v) is 4.17. The lowest BCUT2D eigenvalue weighted by atomic mass is 10.0. The lowest BCUT2D eigenvalue weighted by Gasteiger charge is -2.12. The summed E-state index contributed by atoms with van der Waals surface area (Å²) >= 11 is 0. The number of ether oxygens (including phenoxy) is 2. The first-order chi connectivity index (χ1) is 12.2. The first kappa shape index (κ1) is 15.1. The Hall–Kier alpha value is -3.41. The number of fused-ring (bicyclic) bond motifs is 3. The monoisotopic (exact) mass is 332 g/mol. The predicted octanol–water partition coefficient (Wildman–Crippen LogP) is 3.44. The first-order valence-electron chi connectivity index (χ1n) is 7.72. The summed E-state index contributed by atoms with van der Waals surface area (Å²) in [4.78, 5) is 13.1. The van der Waals surface area contributed by atoms with E-state index in [0.29, 0.717) is 17.3 Å². The third kappa shape index (κ3) is 2.48. The molecule has 2 N–H and O–H groups in total. The second-order valence-electron chi connectivity index (χ2n) is 5.58. The van der Waals surface area contributed by atoms with Gasteiger partial charge in [-0.1, -0.05) is 0 Å². The number of aromatic nitrogens is 3. The predicted molar refractivity (Wildman–Crippen MR) is 97.8 cm³/mol. The van der Waals surface area contributed by atoms with Gasteiger partial charge < -0.3 is 15.2 Å². The Kier molecular flexibility index (Phi) is 3.57. The molecule has 3 aromatic heterocycles. The second kappa shape index (κ2) is 5.90. The van der Waals surface area contributed by atoms with E-state index in [1.54, 1.807) is 32.8 Å². The Balaban J connectivity index is 2.07. The normalized spacial score (nSPS) is 11.0. The molecule has 0 amide bonds. The average molecular weight is 332 g/mol. The quantitative estimate of drug-likeness (QED) is 0.579. The largest absolute Gasteiger partial charge is 0.493 e. The summed E-state index contributed by atoms with van der Waals surface area (Å²) in [5.41, 5.74) is 8.65. The SMILES string of the molecule is COc1cc2ncc3c(N)nc(-c4cccnc4)cc3c2cc1OC. The fraction of sp³-hybridized carbons (Fsp3) is 0.105. The number of anilines is 1. The zero-order valence-electron chi connectivity index (χ0n) is 13.9. The van der Waals surface area contributed by atoms with E-state index in [2.05, 4.69) is 15.0 Å². The van der Waals surface area contributed by atoms with Gasteiger partial charge in [0.1, 0.15) is 5.82 Å². The molecule has 3 heterocycles. The third-order valence-electron chi connectivity index (χ3n) is 4.17. The van der Waals surface area contributed by atoms with Crippen LogP contribution >= 0.6 is 0 Å². The van der Waals surface area contributed by atoms with Gasteiger partial charge in [0.25, 0.3) is 0 Å². The molecule has 4 aromatic rings. The molecule has 6 nitrogen and oxygen atoms in total. The summed E-state index contributed by atoms with van der Waals surface area (Å²) in [6.07, 6.45) is 5.23. The van der Waals surface area contributed by atoms with Crippen molar-refractivity contribution in [2.24, 2.45) is 0 Å². The number of hydrogen-bond donors (Lipinski definition) is 1. The number of hydrogen-bond acceptors (Lipinski definition) is 6. The highest BCUT2D eigenvalue weighted by Gasteiger charge is 2.13. The van der Waals surface area contributed by atoms with E-state index in [-0.39, 0.29) is 0 Å². The topological polar surface area (TPSA) is 83.2 Å². The number of methoxy groups -OCH3 is 2. The van der Waals surface area contributed by atoms with Crippen LogP contribution < -0.4 is 15.2 Å². The van der Waals surface area contributed by atoms with Crippen molar-refractivity contribution < 1.29 is 9.47 Å². The van der Waals surface area contributed by atoms with Crippen molar-refractivity contribution >= 4 is 27.5 Å². The molecule has 0 aliphatic carbocycles. The van der Waals surface area contributed by atoms with E-state index >= 15 is 0 Å². The van der Waals surface area contributed by atoms with Crippen molar-refractivity contribution in [1.82, 2.24) is 15.0 Å². The van der Waals surface area contributed by atoms with E-state index in [1.807, 2.05) is 30.3 Å². The number of pyridine rings is 3. The maximum Gasteiger partial charge on any atom is 0.162 e. The maximum absolute atomic E-state index is 6.18. The van der Waals surface area contributed by atoms with Gasteiger partial charge in [0.15, 0.2) is 11.5 Å². The number of benzene rings is 1. The highest BCUT2D eigenvalue weighted by Crippen LogP contribution is 2.36. The van der Waals surface area contributed by atoms with Crippen molar-refractivity contribution in [1.29, 1.82) is 0 Å². The van der Waals surface area contributed by atoms with Gasteiger partial charge in [-0.15, -0.1) is 0 Å². The molecule has 0 fully saturated rings. The molecule has 0 bridgehead atoms. The standard InChI is InChI=1S/C19H16N4O2/c1-24-17-7-13-12-6-15(11-4-3-5-21-9-11)23-19(20)14(12)10-22-16(13)8-18(17)25-2/h3-10H,1-2H3,(H2,20,23). The van der Waals surface area contributed by atoms with E-state index in [4.69, 9.17) is 15.2 Å². The van der Waals surface area contributed by atoms with Gasteiger partial charge in [-0.2, -0.15) is 0 Å². The highest BCUT2D eigenvalue weighted by molar-refractivity contribution is 6.10. The molecule has 0 aliphatic rings. The highest BCUT2D eigenvalue weighted by atomic mass is 16.5. The van der Waals surface area contributed by atoms with Gasteiger partial charge in [0.2, 0.25) is 0 Å². The summed E-state index contributed by atoms with van der Waals surface area (Å²) in [5.74, 6) is 1.71. The minimum Gasteiger partial charge on any atom is -0.493 e. The molecule has 0 radical (unpaired) electrons. The fourth-order valence-electron chi connectivity index (χ4n) is 2.92. The summed E-state index contributed by atoms with van der Waals surface area (Å²) in [5, 5.41) is 2.68. The minimum atomic E-state index is 0.431. The van der Waals surface area contributed by atoms with Crippen LogP contribution in [0.4, 0.5) is 5.82 Å². The van der Waals surface area contributed by atoms with Crippen LogP contribution in [0, 0.1) is 0 Å². The summed E-state index contributed by atoms with van der Waals surface area (Å²) < 4.78 is 10.8. The second-order valence-corrected chi connectivity index (χ2v) is 5.58. The van der Waals surface area contributed by atoms with Crippen LogP contribution in [0.3, 0.4) is 0 Å². The molecular weight excluding hydrogens is 316 g/mol. The average Bonchev–Trinajstić information content (AvgIpc) is 2.67. The molecule has 1 aromatic carbocycles.